The summed E-state index contributed by atoms with van der Waals surface area (Å²) >= 11 is 0. The summed E-state index contributed by atoms with van der Waals surface area (Å²) in [6.07, 6.45) is 4.82. The summed E-state index contributed by atoms with van der Waals surface area (Å²) in [7, 11) is -1.09. The third-order valence-corrected chi connectivity index (χ3v) is 7.88. The highest BCUT2D eigenvalue weighted by Gasteiger charge is 2.29. The molecule has 5 heterocycles. The number of nitrogens with zero attached hydrogens (tertiary/aromatic N) is 6. The van der Waals surface area contributed by atoms with E-state index in [0.29, 0.717) is 12.8 Å². The molecule has 3 aromatic rings. The first-order valence-corrected chi connectivity index (χ1v) is 15.2. The molecule has 0 aliphatic carbocycles. The van der Waals surface area contributed by atoms with Crippen LogP contribution >= 0.6 is 0 Å². The number of hydrogen-bond acceptors (Lipinski definition) is 7. The van der Waals surface area contributed by atoms with Crippen molar-refractivity contribution < 1.29 is 9.47 Å². The van der Waals surface area contributed by atoms with Gasteiger partial charge in [0.05, 0.1) is 36.5 Å². The molecule has 172 valence electrons. The molecule has 0 unspecified atom stereocenters. The van der Waals surface area contributed by atoms with Crippen LogP contribution in [0.15, 0.2) is 18.5 Å². The minimum absolute atomic E-state index is 0.294. The highest BCUT2D eigenvalue weighted by molar-refractivity contribution is 6.76. The maximum Gasteiger partial charge on any atom is 0.177 e. The zero-order valence-corrected chi connectivity index (χ0v) is 20.5. The lowest BCUT2D eigenvalue weighted by Gasteiger charge is -2.35. The molecule has 1 atom stereocenters. The summed E-state index contributed by atoms with van der Waals surface area (Å²) in [6, 6.07) is 3.41. The fourth-order valence-electron chi connectivity index (χ4n) is 4.34. The number of anilines is 2. The smallest absolute Gasteiger partial charge is 0.177 e. The average Bonchev–Trinajstić information content (AvgIpc) is 3.48. The van der Waals surface area contributed by atoms with Crippen LogP contribution in [0.5, 0.6) is 0 Å². The molecular weight excluding hydrogens is 422 g/mol. The van der Waals surface area contributed by atoms with Gasteiger partial charge in [-0.3, -0.25) is 0 Å². The molecule has 3 aromatic heterocycles. The normalized spacial score (nSPS) is 18.9. The summed E-state index contributed by atoms with van der Waals surface area (Å²) in [6.45, 7) is 13.7. The third-order valence-electron chi connectivity index (χ3n) is 6.18. The average molecular weight is 456 g/mol. The van der Waals surface area contributed by atoms with E-state index in [1.165, 1.54) is 5.56 Å². The number of pyridine rings is 1. The largest absolute Gasteiger partial charge is 0.384 e. The fourth-order valence-corrected chi connectivity index (χ4v) is 5.10. The molecule has 2 aliphatic heterocycles. The van der Waals surface area contributed by atoms with Crippen LogP contribution in [0.25, 0.3) is 16.9 Å². The summed E-state index contributed by atoms with van der Waals surface area (Å²) in [5, 5.41) is 14.0. The van der Waals surface area contributed by atoms with E-state index in [1.807, 2.05) is 27.8 Å². The van der Waals surface area contributed by atoms with Crippen LogP contribution in [0.3, 0.4) is 0 Å². The molecule has 0 bridgehead atoms. The Hall–Kier alpha value is -2.43. The Labute approximate surface area is 189 Å². The number of aromatic nitrogens is 5. The van der Waals surface area contributed by atoms with Crippen LogP contribution in [-0.4, -0.2) is 71.6 Å². The van der Waals surface area contributed by atoms with Crippen molar-refractivity contribution in [3.8, 4) is 5.82 Å². The number of ether oxygens (including phenoxy) is 2. The SMILES string of the molecule is C[C@@H]1COCCN1c1nc2c(cnn2-c2ccn(COCC[Si](C)(C)C)n2)c2c1CCN2. The monoisotopic (exact) mass is 455 g/mol. The molecule has 0 aromatic carbocycles. The Balaban J connectivity index is 1.43. The Kier molecular flexibility index (Phi) is 5.68. The third kappa shape index (κ3) is 4.14. The van der Waals surface area contributed by atoms with E-state index in [4.69, 9.17) is 19.6 Å². The van der Waals surface area contributed by atoms with Gasteiger partial charge < -0.3 is 19.7 Å². The lowest BCUT2D eigenvalue weighted by Crippen LogP contribution is -2.44. The number of morpholine rings is 1. The second kappa shape index (κ2) is 8.49. The Morgan fingerprint density at radius 1 is 1.31 bits per heavy atom. The lowest BCUT2D eigenvalue weighted by molar-refractivity contribution is 0.0785. The molecule has 1 fully saturated rings. The van der Waals surface area contributed by atoms with E-state index in [2.05, 4.69) is 41.9 Å². The second-order valence-electron chi connectivity index (χ2n) is 9.94. The summed E-state index contributed by atoms with van der Waals surface area (Å²) in [5.41, 5.74) is 3.27. The van der Waals surface area contributed by atoms with Gasteiger partial charge in [0, 0.05) is 45.6 Å². The maximum atomic E-state index is 5.85. The zero-order valence-electron chi connectivity index (χ0n) is 19.5. The van der Waals surface area contributed by atoms with Gasteiger partial charge in [0.15, 0.2) is 11.5 Å². The molecule has 2 aliphatic rings. The standard InChI is InChI=1S/C22H33N7O2Si/c1-16-14-30-10-9-28(16)21-17-5-7-23-20(17)18-13-24-29(22(18)25-21)19-6-8-27(26-19)15-31-11-12-32(2,3)4/h6,8,13,16,23H,5,7,9-12,14-15H2,1-4H3/t16-/m1/s1. The first-order chi connectivity index (χ1) is 15.4. The van der Waals surface area contributed by atoms with E-state index in [9.17, 15) is 0 Å². The van der Waals surface area contributed by atoms with E-state index in [0.717, 1.165) is 73.7 Å². The van der Waals surface area contributed by atoms with Crippen molar-refractivity contribution in [3.63, 3.8) is 0 Å². The molecule has 9 nitrogen and oxygen atoms in total. The minimum atomic E-state index is -1.09. The van der Waals surface area contributed by atoms with Gasteiger partial charge in [-0.05, 0) is 19.4 Å². The molecule has 10 heteroatoms. The van der Waals surface area contributed by atoms with Crippen LogP contribution in [0.2, 0.25) is 25.7 Å². The van der Waals surface area contributed by atoms with E-state index < -0.39 is 8.07 Å². The van der Waals surface area contributed by atoms with Crippen molar-refractivity contribution in [2.24, 2.45) is 0 Å². The molecule has 0 radical (unpaired) electrons. The van der Waals surface area contributed by atoms with Crippen molar-refractivity contribution in [2.45, 2.75) is 51.8 Å². The Morgan fingerprint density at radius 2 is 2.19 bits per heavy atom. The van der Waals surface area contributed by atoms with Gasteiger partial charge in [-0.25, -0.2) is 9.67 Å². The fraction of sp³-hybridized carbons (Fsp3) is 0.591. The van der Waals surface area contributed by atoms with Crippen LogP contribution in [0.4, 0.5) is 11.5 Å². The van der Waals surface area contributed by atoms with E-state index in [-0.39, 0.29) is 0 Å². The predicted octanol–water partition coefficient (Wildman–Crippen LogP) is 3.12. The molecule has 5 rings (SSSR count). The molecule has 1 N–H and O–H groups in total. The van der Waals surface area contributed by atoms with Gasteiger partial charge in [0.25, 0.3) is 0 Å². The van der Waals surface area contributed by atoms with Crippen molar-refractivity contribution in [2.75, 3.05) is 43.1 Å². The first-order valence-electron chi connectivity index (χ1n) is 11.5. The van der Waals surface area contributed by atoms with Gasteiger partial charge >= 0.3 is 0 Å². The first kappa shape index (κ1) is 21.4. The molecular formula is C22H33N7O2Si. The quantitative estimate of drug-likeness (QED) is 0.433. The Bertz CT molecular complexity index is 1100. The van der Waals surface area contributed by atoms with Crippen LogP contribution < -0.4 is 10.2 Å². The van der Waals surface area contributed by atoms with Crippen molar-refractivity contribution >= 4 is 30.6 Å². The van der Waals surface area contributed by atoms with Gasteiger partial charge in [-0.1, -0.05) is 19.6 Å². The Morgan fingerprint density at radius 3 is 3.00 bits per heavy atom. The van der Waals surface area contributed by atoms with Crippen molar-refractivity contribution in [3.05, 3.63) is 24.0 Å². The topological polar surface area (TPSA) is 82.3 Å². The molecule has 0 spiro atoms. The number of hydrogen-bond donors (Lipinski definition) is 1. The minimum Gasteiger partial charge on any atom is -0.384 e. The van der Waals surface area contributed by atoms with E-state index >= 15 is 0 Å². The van der Waals surface area contributed by atoms with Gasteiger partial charge in [-0.15, -0.1) is 0 Å². The summed E-state index contributed by atoms with van der Waals surface area (Å²) in [5.74, 6) is 1.80. The lowest BCUT2D eigenvalue weighted by atomic mass is 10.1. The highest BCUT2D eigenvalue weighted by atomic mass is 28.3. The highest BCUT2D eigenvalue weighted by Crippen LogP contribution is 2.38. The molecule has 0 amide bonds. The van der Waals surface area contributed by atoms with Gasteiger partial charge in [-0.2, -0.15) is 14.9 Å². The molecule has 1 saturated heterocycles. The number of nitrogens with one attached hydrogen (secondary N) is 1. The van der Waals surface area contributed by atoms with E-state index in [1.54, 1.807) is 0 Å². The number of rotatable bonds is 7. The molecule has 32 heavy (non-hydrogen) atoms. The van der Waals surface area contributed by atoms with Crippen LogP contribution in [-0.2, 0) is 22.6 Å². The molecule has 0 saturated carbocycles. The van der Waals surface area contributed by atoms with Crippen LogP contribution in [0.1, 0.15) is 12.5 Å². The van der Waals surface area contributed by atoms with Crippen molar-refractivity contribution in [1.82, 2.24) is 24.5 Å². The second-order valence-corrected chi connectivity index (χ2v) is 15.6. The maximum absolute atomic E-state index is 5.85. The van der Waals surface area contributed by atoms with Gasteiger partial charge in [0.1, 0.15) is 12.5 Å². The zero-order chi connectivity index (χ0) is 22.3. The van der Waals surface area contributed by atoms with Gasteiger partial charge in [0.2, 0.25) is 0 Å². The predicted molar refractivity (Wildman–Crippen MR) is 129 cm³/mol. The van der Waals surface area contributed by atoms with Crippen molar-refractivity contribution in [1.29, 1.82) is 0 Å². The summed E-state index contributed by atoms with van der Waals surface area (Å²) in [4.78, 5) is 7.50. The summed E-state index contributed by atoms with van der Waals surface area (Å²) < 4.78 is 15.2. The number of fused-ring (bicyclic) bond motifs is 3. The van der Waals surface area contributed by atoms with Crippen LogP contribution in [0, 0.1) is 0 Å².